The zero-order valence-electron chi connectivity index (χ0n) is 34.3. The zero-order chi connectivity index (χ0) is 45.6. The van der Waals surface area contributed by atoms with Crippen LogP contribution in [0.2, 0.25) is 10.0 Å². The fourth-order valence-corrected chi connectivity index (χ4v) is 8.65. The minimum Gasteiger partial charge on any atom is -0.321 e. The van der Waals surface area contributed by atoms with E-state index in [1.54, 1.807) is 72.8 Å². The Balaban J connectivity index is 0.748. The van der Waals surface area contributed by atoms with Crippen molar-refractivity contribution in [2.24, 2.45) is 10.2 Å². The molecule has 316 valence electrons. The number of halogens is 2. The van der Waals surface area contributed by atoms with E-state index in [0.29, 0.717) is 33.6 Å². The molecule has 0 unspecified atom stereocenters. The third-order valence-corrected chi connectivity index (χ3v) is 12.3. The Morgan fingerprint density at radius 3 is 0.985 bits per heavy atom. The molecule has 8 aromatic rings. The third-order valence-electron chi connectivity index (χ3n) is 11.5. The first kappa shape index (κ1) is 41.6. The van der Waals surface area contributed by atoms with Gasteiger partial charge in [-0.3, -0.25) is 28.8 Å². The van der Waals surface area contributed by atoms with E-state index in [4.69, 9.17) is 23.2 Å². The van der Waals surface area contributed by atoms with Crippen LogP contribution in [0.3, 0.4) is 0 Å². The predicted octanol–water partition coefficient (Wildman–Crippen LogP) is 12.8. The van der Waals surface area contributed by atoms with Gasteiger partial charge in [0.1, 0.15) is 0 Å². The third kappa shape index (κ3) is 7.49. The summed E-state index contributed by atoms with van der Waals surface area (Å²) in [5.74, 6) is -2.19. The van der Waals surface area contributed by atoms with Gasteiger partial charge < -0.3 is 10.6 Å². The van der Waals surface area contributed by atoms with E-state index >= 15 is 0 Å². The summed E-state index contributed by atoms with van der Waals surface area (Å²) in [4.78, 5) is 79.1. The van der Waals surface area contributed by atoms with Gasteiger partial charge in [0.25, 0.3) is 11.8 Å². The molecule has 0 aliphatic heterocycles. The molecule has 0 fully saturated rings. The minimum absolute atomic E-state index is 0.0107. The number of ketones is 4. The molecular weight excluding hydrogens is 872 g/mol. The minimum atomic E-state index is -0.428. The number of anilines is 2. The average molecular weight is 902 g/mol. The molecular formula is C54H30Cl2N4O6. The lowest BCUT2D eigenvalue weighted by molar-refractivity contribution is 0.0979. The first-order valence-corrected chi connectivity index (χ1v) is 21.3. The van der Waals surface area contributed by atoms with Crippen LogP contribution in [-0.4, -0.2) is 34.9 Å². The summed E-state index contributed by atoms with van der Waals surface area (Å²) in [6.45, 7) is 0. The van der Waals surface area contributed by atoms with E-state index in [0.717, 1.165) is 22.3 Å². The monoisotopic (exact) mass is 900 g/mol. The fraction of sp³-hybridized carbons (Fsp3) is 0. The Labute approximate surface area is 386 Å². The van der Waals surface area contributed by atoms with Crippen LogP contribution in [0.1, 0.15) is 84.4 Å². The SMILES string of the molecule is O=C(Nc1ccc2c(c1Cl)C(=O)c1ccccc1C2=O)c1ccc(-c2ccc(N=Nc3ccc(-c4ccc(C(=O)Nc5ccc6c(c5Cl)C(=O)c5ccccc5C6=O)cc4)cc3)cc2)cc1. The van der Waals surface area contributed by atoms with Crippen molar-refractivity contribution < 1.29 is 28.8 Å². The van der Waals surface area contributed by atoms with Gasteiger partial charge in [0.05, 0.1) is 43.9 Å². The smallest absolute Gasteiger partial charge is 0.255 e. The topological polar surface area (TPSA) is 151 Å². The summed E-state index contributed by atoms with van der Waals surface area (Å²) in [6, 6.07) is 48.3. The molecule has 0 saturated heterocycles. The number of azo groups is 1. The van der Waals surface area contributed by atoms with Crippen molar-refractivity contribution in [1.82, 2.24) is 0 Å². The van der Waals surface area contributed by atoms with Crippen LogP contribution in [0, 0.1) is 0 Å². The van der Waals surface area contributed by atoms with Gasteiger partial charge in [0.15, 0.2) is 23.1 Å². The molecule has 2 aliphatic carbocycles. The Morgan fingerprint density at radius 1 is 0.348 bits per heavy atom. The lowest BCUT2D eigenvalue weighted by Crippen LogP contribution is -2.22. The summed E-state index contributed by atoms with van der Waals surface area (Å²) >= 11 is 13.2. The second-order valence-electron chi connectivity index (χ2n) is 15.5. The predicted molar refractivity (Wildman–Crippen MR) is 253 cm³/mol. The molecule has 10 nitrogen and oxygen atoms in total. The fourth-order valence-electron chi connectivity index (χ4n) is 8.06. The van der Waals surface area contributed by atoms with Crippen LogP contribution in [0.15, 0.2) is 180 Å². The second-order valence-corrected chi connectivity index (χ2v) is 16.2. The van der Waals surface area contributed by atoms with Crippen molar-refractivity contribution in [2.75, 3.05) is 10.6 Å². The number of carbonyl (C=O) groups excluding carboxylic acids is 6. The Bertz CT molecular complexity index is 3190. The molecule has 10 rings (SSSR count). The average Bonchev–Trinajstić information content (AvgIpc) is 3.35. The molecule has 0 radical (unpaired) electrons. The molecule has 66 heavy (non-hydrogen) atoms. The van der Waals surface area contributed by atoms with Crippen molar-refractivity contribution in [3.05, 3.63) is 236 Å². The Hall–Kier alpha value is -8.44. The quantitative estimate of drug-likeness (QED) is 0.145. The van der Waals surface area contributed by atoms with Gasteiger partial charge in [-0.05, 0) is 95.1 Å². The number of hydrogen-bond donors (Lipinski definition) is 2. The molecule has 0 spiro atoms. The van der Waals surface area contributed by atoms with Crippen LogP contribution in [0.5, 0.6) is 0 Å². The van der Waals surface area contributed by atoms with E-state index < -0.39 is 11.8 Å². The number of benzene rings is 8. The summed E-state index contributed by atoms with van der Waals surface area (Å²) < 4.78 is 0. The number of nitrogens with zero attached hydrogens (tertiary/aromatic N) is 2. The molecule has 8 aromatic carbocycles. The highest BCUT2D eigenvalue weighted by Gasteiger charge is 2.34. The maximum absolute atomic E-state index is 13.3. The van der Waals surface area contributed by atoms with Crippen molar-refractivity contribution in [1.29, 1.82) is 0 Å². The lowest BCUT2D eigenvalue weighted by atomic mass is 9.84. The number of carbonyl (C=O) groups is 6. The maximum Gasteiger partial charge on any atom is 0.255 e. The Morgan fingerprint density at radius 2 is 0.652 bits per heavy atom. The number of nitrogens with one attached hydrogen (secondary N) is 2. The number of rotatable bonds is 8. The summed E-state index contributed by atoms with van der Waals surface area (Å²) in [5, 5.41) is 14.4. The first-order chi connectivity index (χ1) is 32.0. The van der Waals surface area contributed by atoms with Crippen LogP contribution in [0.4, 0.5) is 22.7 Å². The number of hydrogen-bond acceptors (Lipinski definition) is 8. The molecule has 0 aromatic heterocycles. The highest BCUT2D eigenvalue weighted by molar-refractivity contribution is 6.42. The highest BCUT2D eigenvalue weighted by atomic mass is 35.5. The Kier molecular flexibility index (Phi) is 10.7. The second kappa shape index (κ2) is 16.9. The summed E-state index contributed by atoms with van der Waals surface area (Å²) in [6.07, 6.45) is 0. The van der Waals surface area contributed by atoms with Crippen LogP contribution < -0.4 is 10.6 Å². The molecule has 2 amide bonds. The van der Waals surface area contributed by atoms with Crippen LogP contribution in [0.25, 0.3) is 22.3 Å². The molecule has 12 heteroatoms. The normalized spacial score (nSPS) is 12.6. The molecule has 0 atom stereocenters. The van der Waals surface area contributed by atoms with E-state index in [1.807, 2.05) is 72.8 Å². The van der Waals surface area contributed by atoms with Crippen molar-refractivity contribution >= 4 is 80.9 Å². The van der Waals surface area contributed by atoms with Crippen LogP contribution >= 0.6 is 23.2 Å². The lowest BCUT2D eigenvalue weighted by Gasteiger charge is -2.20. The van der Waals surface area contributed by atoms with Crippen molar-refractivity contribution in [3.63, 3.8) is 0 Å². The highest BCUT2D eigenvalue weighted by Crippen LogP contribution is 2.38. The van der Waals surface area contributed by atoms with Gasteiger partial charge in [-0.15, -0.1) is 0 Å². The first-order valence-electron chi connectivity index (χ1n) is 20.5. The zero-order valence-corrected chi connectivity index (χ0v) is 35.8. The number of amides is 2. The van der Waals surface area contributed by atoms with Gasteiger partial charge >= 0.3 is 0 Å². The maximum atomic E-state index is 13.3. The van der Waals surface area contributed by atoms with Crippen molar-refractivity contribution in [2.45, 2.75) is 0 Å². The number of fused-ring (bicyclic) bond motifs is 4. The van der Waals surface area contributed by atoms with E-state index in [9.17, 15) is 28.8 Å². The molecule has 2 N–H and O–H groups in total. The summed E-state index contributed by atoms with van der Waals surface area (Å²) in [5.41, 5.74) is 7.76. The standard InChI is InChI=1S/C54H30Cl2N4O6/c55-47-43(27-25-41-45(47)51(63)39-7-3-1-5-37(39)49(41)61)57-53(65)33-13-9-29(10-14-33)31-17-21-35(22-18-31)59-60-36-23-19-32(20-24-36)30-11-15-34(16-12-30)54(66)58-44-28-26-42-46(48(44)56)52(64)40-8-4-2-6-38(40)50(42)62/h1-28H,(H,57,65)(H,58,66). The van der Waals surface area contributed by atoms with Crippen LogP contribution in [-0.2, 0) is 0 Å². The molecule has 2 aliphatic rings. The molecule has 0 bridgehead atoms. The summed E-state index contributed by atoms with van der Waals surface area (Å²) in [7, 11) is 0. The largest absolute Gasteiger partial charge is 0.321 e. The van der Waals surface area contributed by atoms with Gasteiger partial charge in [-0.2, -0.15) is 10.2 Å². The van der Waals surface area contributed by atoms with Gasteiger partial charge in [-0.1, -0.05) is 120 Å². The van der Waals surface area contributed by atoms with Gasteiger partial charge in [-0.25, -0.2) is 0 Å². The van der Waals surface area contributed by atoms with E-state index in [-0.39, 0.29) is 77.9 Å². The van der Waals surface area contributed by atoms with Gasteiger partial charge in [0, 0.05) is 44.5 Å². The van der Waals surface area contributed by atoms with E-state index in [1.165, 1.54) is 24.3 Å². The molecule has 0 heterocycles. The van der Waals surface area contributed by atoms with Crippen molar-refractivity contribution in [3.8, 4) is 22.3 Å². The van der Waals surface area contributed by atoms with Gasteiger partial charge in [0.2, 0.25) is 0 Å². The molecule has 0 saturated carbocycles. The van der Waals surface area contributed by atoms with E-state index in [2.05, 4.69) is 20.9 Å².